The number of nitrogens with one attached hydrogen (secondary N) is 1. The van der Waals surface area contributed by atoms with E-state index in [1.807, 2.05) is 37.3 Å². The molecule has 0 radical (unpaired) electrons. The maximum absolute atomic E-state index is 14.3. The highest BCUT2D eigenvalue weighted by Gasteiger charge is 2.66. The SMILES string of the molecule is CCCC[C@@]12C[C@@H](C(=O)Cc3nc(Br)ccc3C)N(C(=O)Cn3nc(C(C)=O)c4cc(-c5cnc(CCC(=O)COCCOCCNC(=O)COCCOCCCC(=O)CC[C@H](N)C(=O)O)nc5)ccc43)[C@@H]1C2. The fraction of sp³-hybridized carbons (Fsp3) is 0.558. The number of benzene rings is 1. The number of piperidine rings is 1. The molecule has 4 N–H and O–H groups in total. The van der Waals surface area contributed by atoms with E-state index in [0.29, 0.717) is 58.5 Å². The number of fused-ring (bicyclic) bond motifs is 2. The number of hydrogen-bond donors (Lipinski definition) is 3. The summed E-state index contributed by atoms with van der Waals surface area (Å²) < 4.78 is 23.8. The van der Waals surface area contributed by atoms with E-state index in [0.717, 1.165) is 36.8 Å². The van der Waals surface area contributed by atoms with Gasteiger partial charge in [-0.05, 0) is 89.7 Å². The summed E-state index contributed by atoms with van der Waals surface area (Å²) in [5.74, 6) is -1.63. The number of aliphatic carboxylic acids is 1. The minimum atomic E-state index is -1.13. The number of carboxylic acid groups (broad SMARTS) is 1. The number of ketones is 4. The van der Waals surface area contributed by atoms with Crippen LogP contribution in [0.2, 0.25) is 0 Å². The number of carboxylic acids is 1. The van der Waals surface area contributed by atoms with Crippen molar-refractivity contribution in [3.63, 3.8) is 0 Å². The van der Waals surface area contributed by atoms with Gasteiger partial charge < -0.3 is 40.0 Å². The minimum Gasteiger partial charge on any atom is -0.480 e. The normalized spacial score (nSPS) is 17.4. The number of nitrogens with zero attached hydrogens (tertiary/aromatic N) is 6. The third kappa shape index (κ3) is 16.4. The van der Waals surface area contributed by atoms with E-state index in [4.69, 9.17) is 29.8 Å². The van der Waals surface area contributed by atoms with Gasteiger partial charge in [0.1, 0.15) is 47.7 Å². The minimum absolute atomic E-state index is 0.00942. The summed E-state index contributed by atoms with van der Waals surface area (Å²) in [5, 5.41) is 16.7. The van der Waals surface area contributed by atoms with Crippen molar-refractivity contribution in [3.8, 4) is 11.1 Å². The molecule has 6 rings (SSSR count). The Labute approximate surface area is 433 Å². The lowest BCUT2D eigenvalue weighted by atomic mass is 9.91. The van der Waals surface area contributed by atoms with Crippen LogP contribution in [-0.2, 0) is 67.1 Å². The molecular formula is C52H67BrN8O12. The van der Waals surface area contributed by atoms with Crippen LogP contribution in [0.3, 0.4) is 0 Å². The van der Waals surface area contributed by atoms with Crippen LogP contribution in [0.25, 0.3) is 22.0 Å². The number of unbranched alkanes of at least 4 members (excludes halogenated alkanes) is 1. The number of halogens is 1. The van der Waals surface area contributed by atoms with E-state index in [2.05, 4.69) is 48.2 Å². The van der Waals surface area contributed by atoms with Crippen LogP contribution in [0, 0.1) is 12.3 Å². The Bertz CT molecular complexity index is 2590. The van der Waals surface area contributed by atoms with Gasteiger partial charge in [0.25, 0.3) is 0 Å². The summed E-state index contributed by atoms with van der Waals surface area (Å²) in [6.45, 7) is 6.88. The monoisotopic (exact) mass is 1070 g/mol. The van der Waals surface area contributed by atoms with E-state index in [1.165, 1.54) is 6.92 Å². The molecule has 1 aliphatic carbocycles. The molecule has 0 bridgehead atoms. The molecule has 20 nitrogen and oxygen atoms in total. The molecule has 0 unspecified atom stereocenters. The second-order valence-electron chi connectivity index (χ2n) is 18.8. The number of likely N-dealkylation sites (tertiary alicyclic amines) is 1. The van der Waals surface area contributed by atoms with Gasteiger partial charge in [0, 0.05) is 75.1 Å². The molecule has 2 amide bonds. The zero-order valence-corrected chi connectivity index (χ0v) is 43.5. The number of ether oxygens (including phenoxy) is 4. The van der Waals surface area contributed by atoms with Crippen molar-refractivity contribution in [1.82, 2.24) is 34.9 Å². The van der Waals surface area contributed by atoms with Gasteiger partial charge in [-0.3, -0.25) is 38.2 Å². The van der Waals surface area contributed by atoms with Crippen LogP contribution in [0.15, 0.2) is 47.3 Å². The first kappa shape index (κ1) is 56.6. The average Bonchev–Trinajstić information content (AvgIpc) is 3.79. The zero-order valence-electron chi connectivity index (χ0n) is 41.9. The molecule has 394 valence electrons. The van der Waals surface area contributed by atoms with E-state index < -0.39 is 18.1 Å². The number of hydrogen-bond acceptors (Lipinski definition) is 16. The molecule has 1 saturated carbocycles. The summed E-state index contributed by atoms with van der Waals surface area (Å²) in [6.07, 6.45) is 9.48. The van der Waals surface area contributed by atoms with E-state index in [9.17, 15) is 33.6 Å². The van der Waals surface area contributed by atoms with Gasteiger partial charge in [0.05, 0.1) is 56.7 Å². The fourth-order valence-electron chi connectivity index (χ4n) is 9.11. The Morgan fingerprint density at radius 2 is 1.60 bits per heavy atom. The number of amides is 2. The van der Waals surface area contributed by atoms with Gasteiger partial charge in [-0.25, -0.2) is 15.0 Å². The highest BCUT2D eigenvalue weighted by Crippen LogP contribution is 2.62. The Morgan fingerprint density at radius 1 is 0.877 bits per heavy atom. The zero-order chi connectivity index (χ0) is 52.5. The lowest BCUT2D eigenvalue weighted by Gasteiger charge is -2.27. The maximum Gasteiger partial charge on any atom is 0.320 e. The first-order valence-electron chi connectivity index (χ1n) is 25.0. The van der Waals surface area contributed by atoms with E-state index >= 15 is 0 Å². The molecule has 1 aromatic carbocycles. The van der Waals surface area contributed by atoms with E-state index in [-0.39, 0.29) is 144 Å². The number of carbonyl (C=O) groups excluding carboxylic acids is 6. The van der Waals surface area contributed by atoms with Crippen molar-refractivity contribution in [2.75, 3.05) is 59.4 Å². The van der Waals surface area contributed by atoms with Gasteiger partial charge >= 0.3 is 5.97 Å². The number of Topliss-reactive ketones (excluding diaryl/α,β-unsaturated/α-hetero) is 4. The summed E-state index contributed by atoms with van der Waals surface area (Å²) in [5.41, 5.74) is 9.24. The average molecular weight is 1080 g/mol. The third-order valence-electron chi connectivity index (χ3n) is 13.3. The Kier molecular flexibility index (Phi) is 21.3. The summed E-state index contributed by atoms with van der Waals surface area (Å²) in [4.78, 5) is 104. The van der Waals surface area contributed by atoms with Crippen LogP contribution >= 0.6 is 15.9 Å². The van der Waals surface area contributed by atoms with Gasteiger partial charge in [-0.15, -0.1) is 0 Å². The molecule has 2 aliphatic rings. The highest BCUT2D eigenvalue weighted by molar-refractivity contribution is 9.10. The number of pyridine rings is 1. The third-order valence-corrected chi connectivity index (χ3v) is 13.7. The number of aromatic nitrogens is 5. The molecule has 21 heteroatoms. The summed E-state index contributed by atoms with van der Waals surface area (Å²) in [6, 6.07) is 7.70. The lowest BCUT2D eigenvalue weighted by Crippen LogP contribution is -2.45. The van der Waals surface area contributed by atoms with Gasteiger partial charge in [0.2, 0.25) is 11.8 Å². The lowest BCUT2D eigenvalue weighted by molar-refractivity contribution is -0.139. The Morgan fingerprint density at radius 3 is 2.33 bits per heavy atom. The number of nitrogens with two attached hydrogens (primary N) is 1. The van der Waals surface area contributed by atoms with E-state index in [1.54, 1.807) is 22.0 Å². The second kappa shape index (κ2) is 27.5. The number of rotatable bonds is 34. The smallest absolute Gasteiger partial charge is 0.320 e. The van der Waals surface area contributed by atoms with Crippen molar-refractivity contribution < 1.29 is 57.6 Å². The molecule has 3 aromatic heterocycles. The van der Waals surface area contributed by atoms with Crippen molar-refractivity contribution in [3.05, 3.63) is 70.1 Å². The summed E-state index contributed by atoms with van der Waals surface area (Å²) >= 11 is 3.42. The molecule has 4 aromatic rings. The van der Waals surface area contributed by atoms with Gasteiger partial charge in [-0.1, -0.05) is 31.9 Å². The number of aryl methyl sites for hydroxylation is 2. The van der Waals surface area contributed by atoms with Gasteiger partial charge in [0.15, 0.2) is 17.3 Å². The standard InChI is InChI=1S/C52H67BrN8O12/c1-4-5-16-52-26-43(44(65)25-41-33(2)8-14-46(53)58-41)61(45(52)27-52)49(67)30-60-42-13-9-35(24-39(42)50(59-60)34(3)62)36-28-56-47(57-29-36)15-11-38(64)31-72-22-21-71-19-17-55-48(66)32-73-23-20-70-18-6-7-37(63)10-12-40(54)51(68)69/h8-9,13-14,24,28-29,40,43,45H,4-7,10-12,15-23,25-27,30-32,54H2,1-3H3,(H,55,66)(H,68,69)/t40-,43-,45+,52-/m0/s1. The fourth-order valence-corrected chi connectivity index (χ4v) is 9.45. The van der Waals surface area contributed by atoms with Crippen LogP contribution in [-0.4, -0.2) is 153 Å². The quantitative estimate of drug-likeness (QED) is 0.0323. The Hall–Kier alpha value is -5.71. The number of carbonyl (C=O) groups is 7. The first-order valence-corrected chi connectivity index (χ1v) is 25.8. The predicted octanol–water partition coefficient (Wildman–Crippen LogP) is 4.75. The molecule has 4 heterocycles. The largest absolute Gasteiger partial charge is 0.480 e. The molecule has 4 atom stereocenters. The molecule has 1 saturated heterocycles. The van der Waals surface area contributed by atoms with Crippen LogP contribution in [0.4, 0.5) is 0 Å². The van der Waals surface area contributed by atoms with Crippen molar-refractivity contribution in [2.45, 2.75) is 122 Å². The van der Waals surface area contributed by atoms with Gasteiger partial charge in [-0.2, -0.15) is 5.10 Å². The van der Waals surface area contributed by atoms with Crippen LogP contribution < -0.4 is 11.1 Å². The summed E-state index contributed by atoms with van der Waals surface area (Å²) in [7, 11) is 0. The maximum atomic E-state index is 14.3. The van der Waals surface area contributed by atoms with Crippen molar-refractivity contribution in [2.24, 2.45) is 11.1 Å². The topological polar surface area (TPSA) is 274 Å². The van der Waals surface area contributed by atoms with Crippen molar-refractivity contribution in [1.29, 1.82) is 0 Å². The van der Waals surface area contributed by atoms with Crippen LogP contribution in [0.1, 0.15) is 106 Å². The predicted molar refractivity (Wildman–Crippen MR) is 270 cm³/mol. The molecule has 1 aliphatic heterocycles. The van der Waals surface area contributed by atoms with Crippen molar-refractivity contribution >= 4 is 67.7 Å². The van der Waals surface area contributed by atoms with Crippen LogP contribution in [0.5, 0.6) is 0 Å². The molecule has 0 spiro atoms. The second-order valence-corrected chi connectivity index (χ2v) is 19.6. The molecular weight excluding hydrogens is 1010 g/mol. The first-order chi connectivity index (χ1) is 35.1. The molecule has 73 heavy (non-hydrogen) atoms. The Balaban J connectivity index is 0.879. The highest BCUT2D eigenvalue weighted by atomic mass is 79.9. The molecule has 2 fully saturated rings.